The van der Waals surface area contributed by atoms with Crippen LogP contribution in [0.25, 0.3) is 11.0 Å². The van der Waals surface area contributed by atoms with Crippen molar-refractivity contribution in [2.45, 2.75) is 113 Å². The largest absolute Gasteiger partial charge is 0.497 e. The van der Waals surface area contributed by atoms with Crippen molar-refractivity contribution in [2.75, 3.05) is 13.7 Å². The molecule has 4 fully saturated rings. The summed E-state index contributed by atoms with van der Waals surface area (Å²) in [7, 11) is -2.35. The topological polar surface area (TPSA) is 206 Å². The number of amides is 4. The molecule has 4 amide bonds. The molecule has 7 rings (SSSR count). The first-order valence-corrected chi connectivity index (χ1v) is 20.2. The fourth-order valence-corrected chi connectivity index (χ4v) is 9.24. The molecule has 0 unspecified atom stereocenters. The van der Waals surface area contributed by atoms with E-state index >= 15 is 0 Å². The molecule has 0 radical (unpaired) electrons. The third-order valence-corrected chi connectivity index (χ3v) is 13.2. The van der Waals surface area contributed by atoms with Crippen LogP contribution in [0.5, 0.6) is 11.6 Å². The smallest absolute Gasteiger partial charge is 0.405 e. The zero-order chi connectivity index (χ0) is 37.7. The Hall–Kier alpha value is -4.47. The molecule has 3 aliphatic carbocycles. The minimum Gasteiger partial charge on any atom is -0.497 e. The Bertz CT molecular complexity index is 1930. The lowest BCUT2D eigenvalue weighted by molar-refractivity contribution is -0.142. The van der Waals surface area contributed by atoms with E-state index in [4.69, 9.17) is 19.4 Å². The van der Waals surface area contributed by atoms with Crippen molar-refractivity contribution in [3.8, 4) is 11.6 Å². The summed E-state index contributed by atoms with van der Waals surface area (Å²) < 4.78 is 39.8. The average molecular weight is 753 g/mol. The molecule has 15 nitrogen and oxygen atoms in total. The van der Waals surface area contributed by atoms with Crippen molar-refractivity contribution in [1.29, 1.82) is 0 Å². The number of rotatable bonds is 9. The maximum atomic E-state index is 14.6. The number of hydrogen-bond acceptors (Lipinski definition) is 10. The van der Waals surface area contributed by atoms with E-state index < -0.39 is 68.7 Å². The molecule has 3 saturated carbocycles. The quantitative estimate of drug-likeness (QED) is 0.273. The van der Waals surface area contributed by atoms with Crippen LogP contribution in [0.3, 0.4) is 0 Å². The summed E-state index contributed by atoms with van der Waals surface area (Å²) in [5.41, 5.74) is 0.393. The number of ether oxygens (including phenoxy) is 2. The normalized spacial score (nSPS) is 31.3. The van der Waals surface area contributed by atoms with Gasteiger partial charge in [-0.15, -0.1) is 0 Å². The third-order valence-electron chi connectivity index (χ3n) is 11.4. The Morgan fingerprint density at radius 2 is 1.87 bits per heavy atom. The van der Waals surface area contributed by atoms with Crippen LogP contribution in [0.1, 0.15) is 89.7 Å². The number of benzene rings is 1. The van der Waals surface area contributed by atoms with Crippen LogP contribution < -0.4 is 24.8 Å². The third kappa shape index (κ3) is 7.78. The van der Waals surface area contributed by atoms with Crippen molar-refractivity contribution in [3.63, 3.8) is 0 Å². The number of nitrogens with zero attached hydrogens (tertiary/aromatic N) is 3. The van der Waals surface area contributed by atoms with E-state index in [9.17, 15) is 32.7 Å². The van der Waals surface area contributed by atoms with Crippen molar-refractivity contribution >= 4 is 44.9 Å². The number of nitrogens with one attached hydrogen (secondary N) is 3. The molecule has 0 spiro atoms. The molecule has 16 heteroatoms. The van der Waals surface area contributed by atoms with E-state index in [2.05, 4.69) is 22.3 Å². The number of carboxylic acid groups (broad SMARTS) is 1. The molecule has 2 aliphatic heterocycles. The van der Waals surface area contributed by atoms with Crippen LogP contribution in [0.4, 0.5) is 4.79 Å². The molecule has 5 aliphatic rings. The molecule has 7 atom stereocenters. The molecule has 0 bridgehead atoms. The molecule has 3 heterocycles. The predicted molar refractivity (Wildman–Crippen MR) is 193 cm³/mol. The van der Waals surface area contributed by atoms with E-state index in [0.29, 0.717) is 60.5 Å². The first-order valence-electron chi connectivity index (χ1n) is 18.7. The highest BCUT2D eigenvalue weighted by molar-refractivity contribution is 7.91. The van der Waals surface area contributed by atoms with Gasteiger partial charge in [0.05, 0.1) is 29.9 Å². The molecule has 2 aromatic rings. The Balaban J connectivity index is 1.23. The van der Waals surface area contributed by atoms with Crippen LogP contribution >= 0.6 is 0 Å². The van der Waals surface area contributed by atoms with Crippen molar-refractivity contribution in [2.24, 2.45) is 17.8 Å². The molecular formula is C37H48N6O9S. The average Bonchev–Trinajstić information content (AvgIpc) is 4.01. The fraction of sp³-hybridized carbons (Fsp3) is 0.622. The Kier molecular flexibility index (Phi) is 10.0. The zero-order valence-electron chi connectivity index (χ0n) is 30.2. The highest BCUT2D eigenvalue weighted by Crippen LogP contribution is 2.47. The second kappa shape index (κ2) is 14.4. The van der Waals surface area contributed by atoms with E-state index in [1.165, 1.54) is 4.90 Å². The maximum Gasteiger partial charge on any atom is 0.405 e. The van der Waals surface area contributed by atoms with Crippen molar-refractivity contribution in [3.05, 3.63) is 36.0 Å². The van der Waals surface area contributed by atoms with Gasteiger partial charge in [-0.05, 0) is 75.3 Å². The second-order valence-electron chi connectivity index (χ2n) is 15.4. The minimum absolute atomic E-state index is 0.0189. The summed E-state index contributed by atoms with van der Waals surface area (Å²) in [4.78, 5) is 65.8. The zero-order valence-corrected chi connectivity index (χ0v) is 31.1. The maximum absolute atomic E-state index is 14.6. The van der Waals surface area contributed by atoms with Gasteiger partial charge in [-0.1, -0.05) is 32.4 Å². The molecule has 53 heavy (non-hydrogen) atoms. The summed E-state index contributed by atoms with van der Waals surface area (Å²) in [5.74, 6) is -1.65. The van der Waals surface area contributed by atoms with E-state index in [0.717, 1.165) is 19.3 Å². The minimum atomic E-state index is -3.91. The van der Waals surface area contributed by atoms with Gasteiger partial charge >= 0.3 is 6.09 Å². The highest BCUT2D eigenvalue weighted by Gasteiger charge is 2.62. The van der Waals surface area contributed by atoms with Gasteiger partial charge in [0.1, 0.15) is 35.2 Å². The number of carbonyl (C=O) groups excluding carboxylic acids is 3. The van der Waals surface area contributed by atoms with Crippen molar-refractivity contribution in [1.82, 2.24) is 30.2 Å². The van der Waals surface area contributed by atoms with E-state index in [1.807, 2.05) is 25.1 Å². The lowest BCUT2D eigenvalue weighted by atomic mass is 9.85. The first kappa shape index (κ1) is 36.9. The number of hydrogen-bond donors (Lipinski definition) is 4. The Morgan fingerprint density at radius 3 is 2.55 bits per heavy atom. The summed E-state index contributed by atoms with van der Waals surface area (Å²) in [6, 6.07) is 3.10. The van der Waals surface area contributed by atoms with Crippen LogP contribution in [-0.4, -0.2) is 94.8 Å². The Labute approximate surface area is 308 Å². The number of allylic oxidation sites excluding steroid dienone is 1. The molecule has 4 N–H and O–H groups in total. The van der Waals surface area contributed by atoms with Crippen LogP contribution in [0.15, 0.2) is 30.4 Å². The lowest BCUT2D eigenvalue weighted by Gasteiger charge is -2.33. The number of methoxy groups -OCH3 is 1. The second-order valence-corrected chi connectivity index (χ2v) is 17.4. The van der Waals surface area contributed by atoms with Gasteiger partial charge in [0.2, 0.25) is 27.7 Å². The molecule has 1 aromatic carbocycles. The van der Waals surface area contributed by atoms with Gasteiger partial charge in [-0.2, -0.15) is 0 Å². The molecule has 1 aromatic heterocycles. The summed E-state index contributed by atoms with van der Waals surface area (Å²) in [5, 5.41) is 14.6. The molecule has 286 valence electrons. The number of fused-ring (bicyclic) bond motifs is 3. The number of aromatic nitrogens is 2. The number of carbonyl (C=O) groups is 4. The summed E-state index contributed by atoms with van der Waals surface area (Å²) in [6.45, 7) is 3.91. The Morgan fingerprint density at radius 1 is 1.09 bits per heavy atom. The van der Waals surface area contributed by atoms with E-state index in [-0.39, 0.29) is 37.1 Å². The fourth-order valence-electron chi connectivity index (χ4n) is 7.87. The van der Waals surface area contributed by atoms with Gasteiger partial charge in [0.15, 0.2) is 0 Å². The lowest BCUT2D eigenvalue weighted by Crippen LogP contribution is -2.59. The van der Waals surface area contributed by atoms with Crippen LogP contribution in [0, 0.1) is 17.8 Å². The standard InChI is InChI=1S/C37H48N6O9S/c1-4-21-15-20(2)7-5-6-8-23-18-37(23,35(46)42-53(49,50)26-12-13-26)41-32(44)29-17-25(19-43(29)34(45)31(21)40-36(47)48)52-33-30(22-9-10-22)38-27-14-11-24(51-3)16-28(27)39-33/h6,8,11,14,16,20-23,25-26,29,31,40H,4-5,7,9-10,12-13,15,17-19H2,1-3H3,(H,41,44)(H,42,46)(H,47,48)/b8-6-/t20-,21-,23-,25-,29+,31+,37-/m1/s1. The van der Waals surface area contributed by atoms with Gasteiger partial charge in [0, 0.05) is 24.3 Å². The van der Waals surface area contributed by atoms with Crippen LogP contribution in [0.2, 0.25) is 0 Å². The summed E-state index contributed by atoms with van der Waals surface area (Å²) >= 11 is 0. The molecule has 1 saturated heterocycles. The molecular weight excluding hydrogens is 705 g/mol. The van der Waals surface area contributed by atoms with Gasteiger partial charge in [-0.25, -0.2) is 23.2 Å². The van der Waals surface area contributed by atoms with Crippen molar-refractivity contribution < 1.29 is 42.2 Å². The summed E-state index contributed by atoms with van der Waals surface area (Å²) in [6.07, 6.45) is 7.19. The van der Waals surface area contributed by atoms with E-state index in [1.54, 1.807) is 19.2 Å². The van der Waals surface area contributed by atoms with Gasteiger partial charge in [0.25, 0.3) is 5.91 Å². The van der Waals surface area contributed by atoms with Gasteiger partial charge < -0.3 is 30.1 Å². The first-order chi connectivity index (χ1) is 25.3. The highest BCUT2D eigenvalue weighted by atomic mass is 32.2. The predicted octanol–water partition coefficient (Wildman–Crippen LogP) is 3.39. The number of sulfonamides is 1. The van der Waals surface area contributed by atoms with Gasteiger partial charge in [-0.3, -0.25) is 19.1 Å². The van der Waals surface area contributed by atoms with Crippen LogP contribution in [-0.2, 0) is 24.4 Å². The monoisotopic (exact) mass is 752 g/mol. The SMILES string of the molecule is CC[C@@H]1C[C@H](C)CC/C=C\[C@@H]2C[C@@]2(C(=O)NS(=O)(=O)C2CC2)NC(=O)[C@@H]2C[C@@H](Oc3nc4cc(OC)ccc4nc3C3CC3)CN2C(=O)[C@H]1NC(=O)O.